The molecule has 0 unspecified atom stereocenters. The number of hydrogen-bond acceptors (Lipinski definition) is 3. The van der Waals surface area contributed by atoms with Crippen LogP contribution < -0.4 is 4.52 Å². The van der Waals surface area contributed by atoms with Crippen LogP contribution in [0.25, 0.3) is 0 Å². The molecule has 0 fully saturated rings. The summed E-state index contributed by atoms with van der Waals surface area (Å²) in [6, 6.07) is 9.03. The Balaban J connectivity index is 2.11. The maximum absolute atomic E-state index is 9.92. The molecule has 1 aromatic carbocycles. The van der Waals surface area contributed by atoms with Crippen LogP contribution >= 0.6 is 7.94 Å². The van der Waals surface area contributed by atoms with E-state index in [1.54, 1.807) is 12.1 Å². The molecule has 2 N–H and O–H groups in total. The van der Waals surface area contributed by atoms with Crippen LogP contribution in [-0.2, 0) is 0 Å². The van der Waals surface area contributed by atoms with E-state index in [1.807, 2.05) is 18.2 Å². The molecule has 0 atom stereocenters. The topological polar surface area (TPSA) is 49.7 Å². The van der Waals surface area contributed by atoms with Gasteiger partial charge in [0.15, 0.2) is 0 Å². The van der Waals surface area contributed by atoms with E-state index >= 15 is 0 Å². The quantitative estimate of drug-likeness (QED) is 0.492. The van der Waals surface area contributed by atoms with Crippen molar-refractivity contribution >= 4 is 7.94 Å². The summed E-state index contributed by atoms with van der Waals surface area (Å²) in [5.41, 5.74) is 0. The van der Waals surface area contributed by atoms with Gasteiger partial charge in [0.05, 0.1) is 0 Å². The van der Waals surface area contributed by atoms with Gasteiger partial charge in [0.2, 0.25) is 0 Å². The van der Waals surface area contributed by atoms with E-state index in [1.165, 1.54) is 25.7 Å². The first-order chi connectivity index (χ1) is 9.49. The van der Waals surface area contributed by atoms with Crippen LogP contribution in [0.5, 0.6) is 5.75 Å². The monoisotopic (exact) mass is 300 g/mol. The van der Waals surface area contributed by atoms with E-state index in [0.29, 0.717) is 11.9 Å². The number of unbranched alkanes of at least 4 members (excludes halogenated alkanes) is 4. The molecule has 0 aliphatic heterocycles. The molecule has 3 nitrogen and oxygen atoms in total. The van der Waals surface area contributed by atoms with Crippen molar-refractivity contribution in [1.29, 1.82) is 0 Å². The van der Waals surface area contributed by atoms with Crippen molar-refractivity contribution in [3.63, 3.8) is 0 Å². The van der Waals surface area contributed by atoms with Crippen LogP contribution in [-0.4, -0.2) is 15.9 Å². The minimum absolute atomic E-state index is 0.381. The summed E-state index contributed by atoms with van der Waals surface area (Å²) in [5, 5.41) is 0. The first-order valence-corrected chi connectivity index (χ1v) is 9.69. The normalized spacial score (nSPS) is 12.7. The fraction of sp³-hybridized carbons (Fsp3) is 0.625. The molecule has 20 heavy (non-hydrogen) atoms. The van der Waals surface area contributed by atoms with E-state index in [9.17, 15) is 9.79 Å². The summed E-state index contributed by atoms with van der Waals surface area (Å²) in [4.78, 5) is 19.8. The Bertz CT molecular complexity index is 352. The Kier molecular flexibility index (Phi) is 8.13. The molecule has 0 aliphatic carbocycles. The van der Waals surface area contributed by atoms with Crippen molar-refractivity contribution in [2.24, 2.45) is 5.92 Å². The zero-order chi connectivity index (χ0) is 14.8. The molecule has 1 rings (SSSR count). The minimum atomic E-state index is -3.53. The Morgan fingerprint density at radius 3 is 2.20 bits per heavy atom. The van der Waals surface area contributed by atoms with Gasteiger partial charge in [0.25, 0.3) is 0 Å². The predicted molar refractivity (Wildman–Crippen MR) is 87.2 cm³/mol. The van der Waals surface area contributed by atoms with Gasteiger partial charge in [-0.3, -0.25) is 0 Å². The van der Waals surface area contributed by atoms with Crippen molar-refractivity contribution in [1.82, 2.24) is 0 Å². The molecule has 1 aromatic rings. The van der Waals surface area contributed by atoms with Gasteiger partial charge in [-0.05, 0) is 0 Å². The summed E-state index contributed by atoms with van der Waals surface area (Å²) < 4.78 is 5.31. The third-order valence-electron chi connectivity index (χ3n) is 3.31. The van der Waals surface area contributed by atoms with Gasteiger partial charge >= 0.3 is 123 Å². The van der Waals surface area contributed by atoms with Crippen LogP contribution in [0.15, 0.2) is 30.3 Å². The zero-order valence-corrected chi connectivity index (χ0v) is 13.7. The molecule has 0 saturated carbocycles. The van der Waals surface area contributed by atoms with Gasteiger partial charge in [-0.15, -0.1) is 0 Å². The predicted octanol–water partition coefficient (Wildman–Crippen LogP) is 4.54. The van der Waals surface area contributed by atoms with Crippen molar-refractivity contribution in [2.75, 3.05) is 6.16 Å². The van der Waals surface area contributed by atoms with Crippen LogP contribution in [0.1, 0.15) is 52.4 Å². The molecule has 0 amide bonds. The summed E-state index contributed by atoms with van der Waals surface area (Å²) in [6.07, 6.45) is 7.23. The van der Waals surface area contributed by atoms with Gasteiger partial charge in [0.1, 0.15) is 0 Å². The Morgan fingerprint density at radius 2 is 1.55 bits per heavy atom. The number of hydrogen-bond donors (Lipinski definition) is 2. The summed E-state index contributed by atoms with van der Waals surface area (Å²) in [7, 11) is -3.53. The SMILES string of the molecule is CC(C)CCCCCCC[PH](O)(O)Oc1ccccc1. The number of rotatable bonds is 10. The van der Waals surface area contributed by atoms with E-state index in [4.69, 9.17) is 4.52 Å². The Morgan fingerprint density at radius 1 is 0.950 bits per heavy atom. The molecule has 0 spiro atoms. The fourth-order valence-corrected chi connectivity index (χ4v) is 3.49. The third-order valence-corrected chi connectivity index (χ3v) is 4.88. The van der Waals surface area contributed by atoms with Crippen molar-refractivity contribution in [2.45, 2.75) is 52.4 Å². The van der Waals surface area contributed by atoms with Gasteiger partial charge in [0, 0.05) is 0 Å². The average molecular weight is 300 g/mol. The van der Waals surface area contributed by atoms with Crippen LogP contribution in [0.2, 0.25) is 0 Å². The van der Waals surface area contributed by atoms with Crippen LogP contribution in [0.4, 0.5) is 0 Å². The first kappa shape index (κ1) is 17.4. The van der Waals surface area contributed by atoms with Crippen molar-refractivity contribution < 1.29 is 14.3 Å². The molecule has 116 valence electrons. The zero-order valence-electron chi connectivity index (χ0n) is 12.7. The molecule has 0 saturated heterocycles. The Labute approximate surface area is 123 Å². The second-order valence-electron chi connectivity index (χ2n) is 5.86. The van der Waals surface area contributed by atoms with E-state index in [0.717, 1.165) is 18.8 Å². The van der Waals surface area contributed by atoms with Crippen molar-refractivity contribution in [3.8, 4) is 5.75 Å². The molecular formula is C16H29O3P. The molecule has 0 radical (unpaired) electrons. The van der Waals surface area contributed by atoms with Crippen molar-refractivity contribution in [3.05, 3.63) is 30.3 Å². The first-order valence-electron chi connectivity index (χ1n) is 7.68. The molecule has 0 aliphatic rings. The standard InChI is InChI=1S/C16H29O3P/c1-15(2)11-7-4-3-5-10-14-20(17,18)19-16-12-8-6-9-13-16/h6,8-9,12-13,15,17-18,20H,3-5,7,10-11,14H2,1-2H3. The molecule has 0 bridgehead atoms. The molecular weight excluding hydrogens is 271 g/mol. The average Bonchev–Trinajstić information content (AvgIpc) is 2.37. The summed E-state index contributed by atoms with van der Waals surface area (Å²) >= 11 is 0. The van der Waals surface area contributed by atoms with Gasteiger partial charge in [-0.1, -0.05) is 0 Å². The fourth-order valence-electron chi connectivity index (χ4n) is 2.17. The summed E-state index contributed by atoms with van der Waals surface area (Å²) in [5.74, 6) is 1.32. The number of para-hydroxylation sites is 1. The number of benzene rings is 1. The Hall–Kier alpha value is -0.630. The van der Waals surface area contributed by atoms with Crippen LogP contribution in [0, 0.1) is 5.92 Å². The summed E-state index contributed by atoms with van der Waals surface area (Å²) in [6.45, 7) is 4.50. The van der Waals surface area contributed by atoms with E-state index in [-0.39, 0.29) is 0 Å². The molecule has 0 heterocycles. The van der Waals surface area contributed by atoms with Gasteiger partial charge < -0.3 is 0 Å². The third kappa shape index (κ3) is 8.52. The molecule has 0 aromatic heterocycles. The maximum atomic E-state index is 9.92. The van der Waals surface area contributed by atoms with E-state index in [2.05, 4.69) is 13.8 Å². The second kappa shape index (κ2) is 9.33. The van der Waals surface area contributed by atoms with E-state index < -0.39 is 7.94 Å². The van der Waals surface area contributed by atoms with Gasteiger partial charge in [-0.25, -0.2) is 0 Å². The van der Waals surface area contributed by atoms with Gasteiger partial charge in [-0.2, -0.15) is 0 Å². The molecule has 4 heteroatoms. The van der Waals surface area contributed by atoms with Crippen LogP contribution in [0.3, 0.4) is 0 Å². The second-order valence-corrected chi connectivity index (χ2v) is 8.05.